The first-order valence-electron chi connectivity index (χ1n) is 3.97. The highest BCUT2D eigenvalue weighted by Gasteiger charge is 2.05. The van der Waals surface area contributed by atoms with E-state index in [0.717, 1.165) is 6.07 Å². The molecule has 0 bridgehead atoms. The lowest BCUT2D eigenvalue weighted by molar-refractivity contribution is 0.586. The van der Waals surface area contributed by atoms with Crippen molar-refractivity contribution in [3.63, 3.8) is 0 Å². The number of nitrogens with one attached hydrogen (secondary N) is 1. The van der Waals surface area contributed by atoms with Crippen LogP contribution in [0.5, 0.6) is 0 Å². The first kappa shape index (κ1) is 12.2. The van der Waals surface area contributed by atoms with Crippen molar-refractivity contribution >= 4 is 17.3 Å². The first-order valence-corrected chi connectivity index (χ1v) is 4.35. The Morgan fingerprint density at radius 2 is 1.69 bits per heavy atom. The third kappa shape index (κ3) is 3.19. The van der Waals surface area contributed by atoms with Crippen LogP contribution in [0.4, 0.5) is 14.5 Å². The minimum absolute atomic E-state index is 0.0873. The molecule has 0 radical (unpaired) electrons. The standard InChI is InChI=1S/C7H6ClF2N.C2H6/c1-11-7-2-4(8)5(9)3-6(7)10;1-2/h2-3,11H,1H3;1-2H3. The summed E-state index contributed by atoms with van der Waals surface area (Å²) >= 11 is 5.38. The van der Waals surface area contributed by atoms with Gasteiger partial charge in [0.05, 0.1) is 10.7 Å². The van der Waals surface area contributed by atoms with E-state index in [0.29, 0.717) is 0 Å². The minimum Gasteiger partial charge on any atom is -0.386 e. The molecule has 1 rings (SSSR count). The maximum absolute atomic E-state index is 12.7. The summed E-state index contributed by atoms with van der Waals surface area (Å²) < 4.78 is 25.2. The van der Waals surface area contributed by atoms with Gasteiger partial charge in [-0.05, 0) is 6.07 Å². The lowest BCUT2D eigenvalue weighted by atomic mass is 10.3. The van der Waals surface area contributed by atoms with E-state index in [1.807, 2.05) is 13.8 Å². The van der Waals surface area contributed by atoms with Crippen LogP contribution in [0.2, 0.25) is 5.02 Å². The third-order valence-electron chi connectivity index (χ3n) is 1.28. The maximum atomic E-state index is 12.7. The zero-order valence-electron chi connectivity index (χ0n) is 7.79. The zero-order valence-corrected chi connectivity index (χ0v) is 8.54. The van der Waals surface area contributed by atoms with Crippen LogP contribution in [-0.4, -0.2) is 7.05 Å². The van der Waals surface area contributed by atoms with Gasteiger partial charge in [-0.1, -0.05) is 25.4 Å². The number of anilines is 1. The minimum atomic E-state index is -0.747. The number of halogens is 3. The summed E-state index contributed by atoms with van der Waals surface area (Å²) in [6, 6.07) is 1.94. The smallest absolute Gasteiger partial charge is 0.149 e. The molecule has 0 saturated heterocycles. The lowest BCUT2D eigenvalue weighted by Crippen LogP contribution is -1.93. The van der Waals surface area contributed by atoms with E-state index < -0.39 is 11.6 Å². The molecule has 1 nitrogen and oxygen atoms in total. The molecule has 74 valence electrons. The molecule has 0 aliphatic carbocycles. The summed E-state index contributed by atoms with van der Waals surface area (Å²) in [7, 11) is 1.53. The molecule has 0 aliphatic heterocycles. The van der Waals surface area contributed by atoms with E-state index in [1.165, 1.54) is 13.1 Å². The summed E-state index contributed by atoms with van der Waals surface area (Å²) in [5.74, 6) is -1.39. The molecule has 0 aliphatic rings. The monoisotopic (exact) mass is 207 g/mol. The summed E-state index contributed by atoms with van der Waals surface area (Å²) in [4.78, 5) is 0. The predicted molar refractivity (Wildman–Crippen MR) is 52.3 cm³/mol. The van der Waals surface area contributed by atoms with E-state index in [9.17, 15) is 8.78 Å². The number of hydrogen-bond donors (Lipinski definition) is 1. The highest BCUT2D eigenvalue weighted by molar-refractivity contribution is 6.31. The van der Waals surface area contributed by atoms with Gasteiger partial charge in [-0.15, -0.1) is 0 Å². The predicted octanol–water partition coefficient (Wildman–Crippen LogP) is 3.69. The van der Waals surface area contributed by atoms with E-state index in [4.69, 9.17) is 11.6 Å². The van der Waals surface area contributed by atoms with Crippen molar-refractivity contribution in [2.45, 2.75) is 13.8 Å². The van der Waals surface area contributed by atoms with Crippen molar-refractivity contribution in [1.82, 2.24) is 0 Å². The van der Waals surface area contributed by atoms with Crippen LogP contribution in [-0.2, 0) is 0 Å². The zero-order chi connectivity index (χ0) is 10.4. The van der Waals surface area contributed by atoms with Crippen LogP contribution in [0.1, 0.15) is 13.8 Å². The van der Waals surface area contributed by atoms with Crippen LogP contribution in [0.3, 0.4) is 0 Å². The molecular weight excluding hydrogens is 196 g/mol. The van der Waals surface area contributed by atoms with Gasteiger partial charge in [-0.2, -0.15) is 0 Å². The fraction of sp³-hybridized carbons (Fsp3) is 0.333. The van der Waals surface area contributed by atoms with Gasteiger partial charge in [0.25, 0.3) is 0 Å². The Hall–Kier alpha value is -0.830. The SMILES string of the molecule is CC.CNc1cc(Cl)c(F)cc1F. The van der Waals surface area contributed by atoms with Gasteiger partial charge in [0.15, 0.2) is 0 Å². The van der Waals surface area contributed by atoms with E-state index >= 15 is 0 Å². The van der Waals surface area contributed by atoms with Crippen molar-refractivity contribution in [2.24, 2.45) is 0 Å². The first-order chi connectivity index (χ1) is 6.15. The second kappa shape index (κ2) is 5.75. The van der Waals surface area contributed by atoms with Gasteiger partial charge >= 0.3 is 0 Å². The molecule has 0 saturated carbocycles. The summed E-state index contributed by atoms with van der Waals surface area (Å²) in [6.07, 6.45) is 0. The molecule has 1 N–H and O–H groups in total. The van der Waals surface area contributed by atoms with Crippen LogP contribution < -0.4 is 5.32 Å². The lowest BCUT2D eigenvalue weighted by Gasteiger charge is -2.02. The van der Waals surface area contributed by atoms with Crippen molar-refractivity contribution in [1.29, 1.82) is 0 Å². The van der Waals surface area contributed by atoms with E-state index in [2.05, 4.69) is 5.32 Å². The van der Waals surface area contributed by atoms with Crippen molar-refractivity contribution in [3.8, 4) is 0 Å². The molecule has 0 aromatic heterocycles. The third-order valence-corrected chi connectivity index (χ3v) is 1.57. The Morgan fingerprint density at radius 3 is 2.15 bits per heavy atom. The summed E-state index contributed by atoms with van der Waals surface area (Å²) in [5, 5.41) is 2.45. The van der Waals surface area contributed by atoms with Crippen molar-refractivity contribution in [2.75, 3.05) is 12.4 Å². The Kier molecular flexibility index (Phi) is 5.39. The molecular formula is C9H12ClF2N. The second-order valence-electron chi connectivity index (χ2n) is 2.00. The van der Waals surface area contributed by atoms with E-state index in [1.54, 1.807) is 0 Å². The van der Waals surface area contributed by atoms with Gasteiger partial charge in [0.2, 0.25) is 0 Å². The molecule has 0 spiro atoms. The fourth-order valence-corrected chi connectivity index (χ4v) is 0.878. The largest absolute Gasteiger partial charge is 0.386 e. The van der Waals surface area contributed by atoms with Crippen molar-refractivity contribution < 1.29 is 8.78 Å². The Balaban J connectivity index is 0.000000671. The van der Waals surface area contributed by atoms with Crippen molar-refractivity contribution in [3.05, 3.63) is 28.8 Å². The van der Waals surface area contributed by atoms with Crippen LogP contribution >= 0.6 is 11.6 Å². The molecule has 0 fully saturated rings. The maximum Gasteiger partial charge on any atom is 0.149 e. The van der Waals surface area contributed by atoms with Crippen LogP contribution in [0.15, 0.2) is 12.1 Å². The molecule has 1 aromatic carbocycles. The van der Waals surface area contributed by atoms with Gasteiger partial charge in [-0.3, -0.25) is 0 Å². The molecule has 1 aromatic rings. The average Bonchev–Trinajstić information content (AvgIpc) is 2.15. The molecule has 0 heterocycles. The van der Waals surface area contributed by atoms with Crippen LogP contribution in [0.25, 0.3) is 0 Å². The Labute approximate surface area is 81.7 Å². The highest BCUT2D eigenvalue weighted by Crippen LogP contribution is 2.22. The summed E-state index contributed by atoms with van der Waals surface area (Å²) in [6.45, 7) is 4.00. The number of hydrogen-bond acceptors (Lipinski definition) is 1. The van der Waals surface area contributed by atoms with Gasteiger partial charge in [0, 0.05) is 13.1 Å². The van der Waals surface area contributed by atoms with Gasteiger partial charge in [-0.25, -0.2) is 8.78 Å². The molecule has 0 amide bonds. The quantitative estimate of drug-likeness (QED) is 0.693. The molecule has 0 unspecified atom stereocenters. The summed E-state index contributed by atoms with van der Waals surface area (Å²) in [5.41, 5.74) is 0.191. The molecule has 0 atom stereocenters. The number of rotatable bonds is 1. The Bertz CT molecular complexity index is 277. The molecule has 13 heavy (non-hydrogen) atoms. The number of benzene rings is 1. The fourth-order valence-electron chi connectivity index (χ4n) is 0.714. The second-order valence-corrected chi connectivity index (χ2v) is 2.40. The topological polar surface area (TPSA) is 12.0 Å². The van der Waals surface area contributed by atoms with Crippen LogP contribution in [0, 0.1) is 11.6 Å². The average molecular weight is 208 g/mol. The van der Waals surface area contributed by atoms with Gasteiger partial charge < -0.3 is 5.32 Å². The highest BCUT2D eigenvalue weighted by atomic mass is 35.5. The molecule has 4 heteroatoms. The normalized spacial score (nSPS) is 8.77. The van der Waals surface area contributed by atoms with E-state index in [-0.39, 0.29) is 10.7 Å². The van der Waals surface area contributed by atoms with Gasteiger partial charge in [0.1, 0.15) is 11.6 Å². The Morgan fingerprint density at radius 1 is 1.15 bits per heavy atom.